The molecule has 0 aromatic carbocycles. The van der Waals surface area contributed by atoms with E-state index in [0.717, 1.165) is 30.6 Å². The zero-order valence-electron chi connectivity index (χ0n) is 16.0. The lowest BCUT2D eigenvalue weighted by Gasteiger charge is -2.45. The second-order valence-electron chi connectivity index (χ2n) is 9.42. The molecule has 0 radical (unpaired) electrons. The highest BCUT2D eigenvalue weighted by atomic mass is 19.4. The average Bonchev–Trinajstić information content (AvgIpc) is 2.61. The first-order valence-electron chi connectivity index (χ1n) is 11.0. The summed E-state index contributed by atoms with van der Waals surface area (Å²) in [6.07, 6.45) is 12.3. The third-order valence-corrected chi connectivity index (χ3v) is 7.89. The van der Waals surface area contributed by atoms with E-state index in [-0.39, 0.29) is 0 Å². The molecule has 3 fully saturated rings. The highest BCUT2D eigenvalue weighted by Crippen LogP contribution is 2.51. The highest BCUT2D eigenvalue weighted by molar-refractivity contribution is 4.90. The molecule has 0 N–H and O–H groups in total. The van der Waals surface area contributed by atoms with Crippen LogP contribution in [0.3, 0.4) is 0 Å². The molecular weight excluding hydrogens is 321 g/mol. The van der Waals surface area contributed by atoms with Crippen molar-refractivity contribution in [2.75, 3.05) is 0 Å². The fourth-order valence-corrected chi connectivity index (χ4v) is 6.28. The molecule has 146 valence electrons. The Kier molecular flexibility index (Phi) is 6.77. The van der Waals surface area contributed by atoms with E-state index in [2.05, 4.69) is 6.92 Å². The van der Waals surface area contributed by atoms with E-state index in [1.807, 2.05) is 0 Å². The lowest BCUT2D eigenvalue weighted by molar-refractivity contribution is -0.191. The first-order chi connectivity index (χ1) is 12.0. The van der Waals surface area contributed by atoms with Crippen molar-refractivity contribution in [3.63, 3.8) is 0 Å². The SMILES string of the molecule is CCCCCC1CCC(C2CCC3CC(C(F)(F)F)CCC3C2)CC1. The van der Waals surface area contributed by atoms with Gasteiger partial charge in [-0.3, -0.25) is 0 Å². The van der Waals surface area contributed by atoms with Gasteiger partial charge >= 0.3 is 6.18 Å². The predicted molar refractivity (Wildman–Crippen MR) is 97.3 cm³/mol. The maximum Gasteiger partial charge on any atom is 0.391 e. The van der Waals surface area contributed by atoms with E-state index in [1.54, 1.807) is 0 Å². The number of alkyl halides is 3. The predicted octanol–water partition coefficient (Wildman–Crippen LogP) is 7.77. The van der Waals surface area contributed by atoms with Crippen LogP contribution in [0.25, 0.3) is 0 Å². The molecule has 3 rings (SSSR count). The van der Waals surface area contributed by atoms with E-state index in [0.29, 0.717) is 24.7 Å². The molecule has 3 aliphatic rings. The molecule has 0 bridgehead atoms. The Labute approximate surface area is 152 Å². The molecule has 4 unspecified atom stereocenters. The third-order valence-electron chi connectivity index (χ3n) is 7.89. The monoisotopic (exact) mass is 358 g/mol. The Morgan fingerprint density at radius 2 is 1.24 bits per heavy atom. The van der Waals surface area contributed by atoms with Gasteiger partial charge in [0.05, 0.1) is 5.92 Å². The van der Waals surface area contributed by atoms with Gasteiger partial charge < -0.3 is 0 Å². The van der Waals surface area contributed by atoms with Gasteiger partial charge in [0.1, 0.15) is 0 Å². The van der Waals surface area contributed by atoms with E-state index in [4.69, 9.17) is 0 Å². The molecule has 3 saturated carbocycles. The van der Waals surface area contributed by atoms with Crippen LogP contribution in [0.5, 0.6) is 0 Å². The zero-order valence-corrected chi connectivity index (χ0v) is 16.0. The summed E-state index contributed by atoms with van der Waals surface area (Å²) in [6.45, 7) is 2.27. The van der Waals surface area contributed by atoms with Crippen molar-refractivity contribution in [2.45, 2.75) is 103 Å². The van der Waals surface area contributed by atoms with Crippen LogP contribution in [0.4, 0.5) is 13.2 Å². The summed E-state index contributed by atoms with van der Waals surface area (Å²) in [5.74, 6) is 2.61. The minimum Gasteiger partial charge on any atom is -0.171 e. The van der Waals surface area contributed by atoms with E-state index in [9.17, 15) is 13.2 Å². The summed E-state index contributed by atoms with van der Waals surface area (Å²) in [6, 6.07) is 0. The summed E-state index contributed by atoms with van der Waals surface area (Å²) in [4.78, 5) is 0. The number of rotatable bonds is 5. The number of hydrogen-bond acceptors (Lipinski definition) is 0. The van der Waals surface area contributed by atoms with E-state index in [1.165, 1.54) is 64.2 Å². The Morgan fingerprint density at radius 3 is 1.88 bits per heavy atom. The molecule has 0 aliphatic heterocycles. The summed E-state index contributed by atoms with van der Waals surface area (Å²) >= 11 is 0. The van der Waals surface area contributed by atoms with Crippen molar-refractivity contribution in [1.29, 1.82) is 0 Å². The molecule has 0 saturated heterocycles. The molecule has 0 heterocycles. The van der Waals surface area contributed by atoms with Crippen LogP contribution in [-0.4, -0.2) is 6.18 Å². The zero-order chi connectivity index (χ0) is 17.9. The van der Waals surface area contributed by atoms with Gasteiger partial charge in [0.15, 0.2) is 0 Å². The van der Waals surface area contributed by atoms with Crippen molar-refractivity contribution in [1.82, 2.24) is 0 Å². The smallest absolute Gasteiger partial charge is 0.171 e. The van der Waals surface area contributed by atoms with Gasteiger partial charge in [-0.15, -0.1) is 0 Å². The van der Waals surface area contributed by atoms with Crippen molar-refractivity contribution in [3.05, 3.63) is 0 Å². The van der Waals surface area contributed by atoms with E-state index >= 15 is 0 Å². The van der Waals surface area contributed by atoms with Crippen LogP contribution >= 0.6 is 0 Å². The van der Waals surface area contributed by atoms with Crippen molar-refractivity contribution in [3.8, 4) is 0 Å². The molecule has 0 spiro atoms. The molecule has 0 amide bonds. The third kappa shape index (κ3) is 5.16. The quantitative estimate of drug-likeness (QED) is 0.440. The van der Waals surface area contributed by atoms with E-state index < -0.39 is 12.1 Å². The highest BCUT2D eigenvalue weighted by Gasteiger charge is 2.46. The van der Waals surface area contributed by atoms with Crippen LogP contribution in [0, 0.1) is 35.5 Å². The lowest BCUT2D eigenvalue weighted by atomic mass is 9.61. The number of hydrogen-bond donors (Lipinski definition) is 0. The molecule has 25 heavy (non-hydrogen) atoms. The minimum absolute atomic E-state index is 0.363. The number of unbranched alkanes of at least 4 members (excludes halogenated alkanes) is 2. The van der Waals surface area contributed by atoms with Gasteiger partial charge in [0.2, 0.25) is 0 Å². The molecule has 0 nitrogen and oxygen atoms in total. The Hall–Kier alpha value is -0.210. The normalized spacial score (nSPS) is 39.8. The lowest BCUT2D eigenvalue weighted by Crippen LogP contribution is -2.38. The molecule has 3 heteroatoms. The number of halogens is 3. The van der Waals surface area contributed by atoms with Crippen molar-refractivity contribution < 1.29 is 13.2 Å². The maximum absolute atomic E-state index is 13.0. The van der Waals surface area contributed by atoms with Crippen LogP contribution < -0.4 is 0 Å². The average molecular weight is 359 g/mol. The van der Waals surface area contributed by atoms with Crippen LogP contribution in [0.15, 0.2) is 0 Å². The standard InChI is InChI=1S/C22H37F3/c1-2-3-4-5-16-6-8-17(9-7-16)18-10-11-20-15-21(22(23,24)25)13-12-19(20)14-18/h16-21H,2-15H2,1H3. The second-order valence-corrected chi connectivity index (χ2v) is 9.42. The maximum atomic E-state index is 13.0. The Balaban J connectivity index is 1.42. The van der Waals surface area contributed by atoms with Gasteiger partial charge in [-0.2, -0.15) is 13.2 Å². The topological polar surface area (TPSA) is 0 Å². The second kappa shape index (κ2) is 8.65. The molecule has 3 aliphatic carbocycles. The number of fused-ring (bicyclic) bond motifs is 1. The Bertz CT molecular complexity index is 395. The first kappa shape index (κ1) is 19.5. The van der Waals surface area contributed by atoms with Crippen LogP contribution in [-0.2, 0) is 0 Å². The summed E-state index contributed by atoms with van der Waals surface area (Å²) in [5, 5.41) is 0. The van der Waals surface area contributed by atoms with Gasteiger partial charge in [0.25, 0.3) is 0 Å². The molecule has 0 aromatic heterocycles. The largest absolute Gasteiger partial charge is 0.391 e. The molecule has 4 atom stereocenters. The van der Waals surface area contributed by atoms with Crippen LogP contribution in [0.2, 0.25) is 0 Å². The summed E-state index contributed by atoms with van der Waals surface area (Å²) in [7, 11) is 0. The van der Waals surface area contributed by atoms with Gasteiger partial charge in [0, 0.05) is 0 Å². The molecule has 0 aromatic rings. The van der Waals surface area contributed by atoms with Gasteiger partial charge in [-0.1, -0.05) is 45.4 Å². The molecular formula is C22H37F3. The fourth-order valence-electron chi connectivity index (χ4n) is 6.28. The fraction of sp³-hybridized carbons (Fsp3) is 1.00. The summed E-state index contributed by atoms with van der Waals surface area (Å²) in [5.41, 5.74) is 0. The first-order valence-corrected chi connectivity index (χ1v) is 11.0. The van der Waals surface area contributed by atoms with Gasteiger partial charge in [-0.05, 0) is 81.0 Å². The Morgan fingerprint density at radius 1 is 0.680 bits per heavy atom. The summed E-state index contributed by atoms with van der Waals surface area (Å²) < 4.78 is 39.0. The van der Waals surface area contributed by atoms with Crippen molar-refractivity contribution >= 4 is 0 Å². The minimum atomic E-state index is -3.96. The van der Waals surface area contributed by atoms with Gasteiger partial charge in [-0.25, -0.2) is 0 Å². The van der Waals surface area contributed by atoms with Crippen LogP contribution in [0.1, 0.15) is 96.8 Å². The van der Waals surface area contributed by atoms with Crippen molar-refractivity contribution in [2.24, 2.45) is 35.5 Å².